The second-order valence-electron chi connectivity index (χ2n) is 3.71. The quantitative estimate of drug-likeness (QED) is 0.777. The van der Waals surface area contributed by atoms with Crippen LogP contribution in [-0.2, 0) is 4.79 Å². The van der Waals surface area contributed by atoms with Gasteiger partial charge in [0, 0.05) is 30.0 Å². The first-order chi connectivity index (χ1) is 7.60. The van der Waals surface area contributed by atoms with Crippen molar-refractivity contribution in [3.8, 4) is 5.88 Å². The number of thiol groups is 1. The highest BCUT2D eigenvalue weighted by molar-refractivity contribution is 7.81. The van der Waals surface area contributed by atoms with Crippen molar-refractivity contribution >= 4 is 24.5 Å². The maximum atomic E-state index is 11.7. The second kappa shape index (κ2) is 4.29. The zero-order valence-corrected chi connectivity index (χ0v) is 10.1. The van der Waals surface area contributed by atoms with Gasteiger partial charge in [0.1, 0.15) is 0 Å². The fourth-order valence-corrected chi connectivity index (χ4v) is 1.95. The van der Waals surface area contributed by atoms with Gasteiger partial charge in [-0.05, 0) is 6.92 Å². The number of hydrogen-bond acceptors (Lipinski definition) is 5. The SMILES string of the molecule is COc1cc(C)nc(N2CC(S)CC2=O)n1. The Kier molecular flexibility index (Phi) is 3.00. The van der Waals surface area contributed by atoms with Gasteiger partial charge < -0.3 is 4.74 Å². The van der Waals surface area contributed by atoms with Gasteiger partial charge >= 0.3 is 0 Å². The molecule has 0 spiro atoms. The molecule has 2 rings (SSSR count). The summed E-state index contributed by atoms with van der Waals surface area (Å²) < 4.78 is 5.05. The monoisotopic (exact) mass is 239 g/mol. The summed E-state index contributed by atoms with van der Waals surface area (Å²) in [5.74, 6) is 0.879. The van der Waals surface area contributed by atoms with E-state index in [4.69, 9.17) is 4.74 Å². The minimum absolute atomic E-state index is 0.00709. The van der Waals surface area contributed by atoms with Crippen LogP contribution in [-0.4, -0.2) is 34.8 Å². The molecule has 1 amide bonds. The molecule has 1 aliphatic heterocycles. The standard InChI is InChI=1S/C10H13N3O2S/c1-6-3-8(15-2)12-10(11-6)13-5-7(16)4-9(13)14/h3,7,16H,4-5H2,1-2H3. The Morgan fingerprint density at radius 3 is 2.88 bits per heavy atom. The van der Waals surface area contributed by atoms with Crippen molar-refractivity contribution in [2.75, 3.05) is 18.6 Å². The maximum absolute atomic E-state index is 11.7. The highest BCUT2D eigenvalue weighted by Gasteiger charge is 2.30. The molecule has 0 radical (unpaired) electrons. The van der Waals surface area contributed by atoms with E-state index in [1.807, 2.05) is 6.92 Å². The number of nitrogens with zero attached hydrogens (tertiary/aromatic N) is 3. The van der Waals surface area contributed by atoms with Crippen molar-refractivity contribution < 1.29 is 9.53 Å². The molecule has 1 atom stereocenters. The van der Waals surface area contributed by atoms with Gasteiger partial charge in [0.15, 0.2) is 0 Å². The lowest BCUT2D eigenvalue weighted by atomic mass is 10.4. The molecule has 6 heteroatoms. The van der Waals surface area contributed by atoms with E-state index in [1.165, 1.54) is 0 Å². The maximum Gasteiger partial charge on any atom is 0.235 e. The van der Waals surface area contributed by atoms with E-state index in [0.717, 1.165) is 5.69 Å². The Hall–Kier alpha value is -1.30. The molecule has 0 aromatic carbocycles. The molecule has 5 nitrogen and oxygen atoms in total. The molecule has 1 saturated heterocycles. The van der Waals surface area contributed by atoms with Crippen LogP contribution in [0, 0.1) is 6.92 Å². The van der Waals surface area contributed by atoms with Crippen molar-refractivity contribution in [1.82, 2.24) is 9.97 Å². The Bertz CT molecular complexity index is 425. The third kappa shape index (κ3) is 2.11. The van der Waals surface area contributed by atoms with Gasteiger partial charge in [-0.3, -0.25) is 9.69 Å². The summed E-state index contributed by atoms with van der Waals surface area (Å²) in [5.41, 5.74) is 0.775. The third-order valence-electron chi connectivity index (χ3n) is 2.37. The first-order valence-electron chi connectivity index (χ1n) is 4.98. The number of anilines is 1. The summed E-state index contributed by atoms with van der Waals surface area (Å²) in [6.07, 6.45) is 0.433. The molecule has 86 valence electrons. The van der Waals surface area contributed by atoms with Crippen molar-refractivity contribution in [3.63, 3.8) is 0 Å². The highest BCUT2D eigenvalue weighted by Crippen LogP contribution is 2.22. The van der Waals surface area contributed by atoms with Crippen LogP contribution in [0.25, 0.3) is 0 Å². The lowest BCUT2D eigenvalue weighted by molar-refractivity contribution is -0.117. The number of amides is 1. The van der Waals surface area contributed by atoms with Gasteiger partial charge in [-0.25, -0.2) is 4.98 Å². The topological polar surface area (TPSA) is 55.3 Å². The minimum Gasteiger partial charge on any atom is -0.481 e. The Morgan fingerprint density at radius 2 is 2.31 bits per heavy atom. The minimum atomic E-state index is 0.00709. The average Bonchev–Trinajstić information content (AvgIpc) is 2.57. The first kappa shape index (κ1) is 11.2. The predicted octanol–water partition coefficient (Wildman–Crippen LogP) is 0.829. The van der Waals surface area contributed by atoms with Crippen molar-refractivity contribution in [2.24, 2.45) is 0 Å². The molecule has 1 aliphatic rings. The molecule has 0 bridgehead atoms. The molecule has 0 N–H and O–H groups in total. The van der Waals surface area contributed by atoms with Crippen LogP contribution in [0.2, 0.25) is 0 Å². The Morgan fingerprint density at radius 1 is 1.56 bits per heavy atom. The summed E-state index contributed by atoms with van der Waals surface area (Å²) in [7, 11) is 1.54. The number of rotatable bonds is 2. The summed E-state index contributed by atoms with van der Waals surface area (Å²) in [6.45, 7) is 2.39. The van der Waals surface area contributed by atoms with Crippen LogP contribution in [0.3, 0.4) is 0 Å². The van der Waals surface area contributed by atoms with Crippen LogP contribution >= 0.6 is 12.6 Å². The molecule has 0 saturated carbocycles. The van der Waals surface area contributed by atoms with Gasteiger partial charge in [-0.15, -0.1) is 0 Å². The molecule has 1 unspecified atom stereocenters. The number of carbonyl (C=O) groups excluding carboxylic acids is 1. The van der Waals surface area contributed by atoms with Crippen molar-refractivity contribution in [2.45, 2.75) is 18.6 Å². The highest BCUT2D eigenvalue weighted by atomic mass is 32.1. The van der Waals surface area contributed by atoms with E-state index in [0.29, 0.717) is 24.8 Å². The smallest absolute Gasteiger partial charge is 0.235 e. The van der Waals surface area contributed by atoms with E-state index in [1.54, 1.807) is 18.1 Å². The van der Waals surface area contributed by atoms with Gasteiger partial charge in [0.2, 0.25) is 17.7 Å². The molecule has 1 aromatic rings. The third-order valence-corrected chi connectivity index (χ3v) is 2.72. The normalized spacial score (nSPS) is 20.3. The molecule has 0 aliphatic carbocycles. The Balaban J connectivity index is 2.33. The fraction of sp³-hybridized carbons (Fsp3) is 0.500. The zero-order valence-electron chi connectivity index (χ0n) is 9.17. The molecule has 2 heterocycles. The molecular formula is C10H13N3O2S. The van der Waals surface area contributed by atoms with E-state index in [-0.39, 0.29) is 11.2 Å². The zero-order chi connectivity index (χ0) is 11.7. The lowest BCUT2D eigenvalue weighted by Gasteiger charge is -2.14. The average molecular weight is 239 g/mol. The summed E-state index contributed by atoms with van der Waals surface area (Å²) in [4.78, 5) is 21.6. The number of carbonyl (C=O) groups is 1. The van der Waals surface area contributed by atoms with Crippen LogP contribution in [0.4, 0.5) is 5.95 Å². The van der Waals surface area contributed by atoms with Gasteiger partial charge in [-0.1, -0.05) is 0 Å². The van der Waals surface area contributed by atoms with Crippen molar-refractivity contribution in [3.05, 3.63) is 11.8 Å². The predicted molar refractivity (Wildman–Crippen MR) is 63.1 cm³/mol. The fourth-order valence-electron chi connectivity index (χ4n) is 1.63. The van der Waals surface area contributed by atoms with Crippen LogP contribution in [0.15, 0.2) is 6.07 Å². The van der Waals surface area contributed by atoms with E-state index in [2.05, 4.69) is 22.6 Å². The van der Waals surface area contributed by atoms with Crippen LogP contribution in [0.5, 0.6) is 5.88 Å². The molecule has 1 aromatic heterocycles. The summed E-state index contributed by atoms with van der Waals surface area (Å²) in [6, 6.07) is 1.72. The first-order valence-corrected chi connectivity index (χ1v) is 5.50. The number of methoxy groups -OCH3 is 1. The Labute approximate surface area is 99.2 Å². The largest absolute Gasteiger partial charge is 0.481 e. The van der Waals surface area contributed by atoms with E-state index in [9.17, 15) is 4.79 Å². The summed E-state index contributed by atoms with van der Waals surface area (Å²) in [5, 5.41) is 0.0580. The molecule has 1 fully saturated rings. The number of ether oxygens (including phenoxy) is 1. The van der Waals surface area contributed by atoms with Crippen molar-refractivity contribution in [1.29, 1.82) is 0 Å². The van der Waals surface area contributed by atoms with Crippen LogP contribution in [0.1, 0.15) is 12.1 Å². The number of aromatic nitrogens is 2. The second-order valence-corrected chi connectivity index (χ2v) is 4.44. The van der Waals surface area contributed by atoms with E-state index >= 15 is 0 Å². The van der Waals surface area contributed by atoms with Gasteiger partial charge in [0.05, 0.1) is 7.11 Å². The molecular weight excluding hydrogens is 226 g/mol. The molecule has 16 heavy (non-hydrogen) atoms. The van der Waals surface area contributed by atoms with E-state index < -0.39 is 0 Å². The summed E-state index contributed by atoms with van der Waals surface area (Å²) >= 11 is 4.29. The van der Waals surface area contributed by atoms with Gasteiger partial charge in [-0.2, -0.15) is 17.6 Å². The lowest BCUT2D eigenvalue weighted by Crippen LogP contribution is -2.27. The number of hydrogen-bond donors (Lipinski definition) is 1. The van der Waals surface area contributed by atoms with Crippen LogP contribution < -0.4 is 9.64 Å². The van der Waals surface area contributed by atoms with Gasteiger partial charge in [0.25, 0.3) is 0 Å². The number of aryl methyl sites for hydroxylation is 1.